The van der Waals surface area contributed by atoms with Crippen molar-refractivity contribution in [2.24, 2.45) is 0 Å². The van der Waals surface area contributed by atoms with Gasteiger partial charge in [-0.1, -0.05) is 12.2 Å². The van der Waals surface area contributed by atoms with Crippen LogP contribution < -0.4 is 9.47 Å². The standard InChI is InChI=1S/C12H14O3S/c1-14-11-6-9(8-13)7-12(15-2)10(11)4-3-5-16/h3-4,6-8,16H,5H2,1-2H3. The molecule has 0 aromatic heterocycles. The maximum absolute atomic E-state index is 10.7. The number of aldehydes is 1. The lowest BCUT2D eigenvalue weighted by Gasteiger charge is -2.10. The Hall–Kier alpha value is -1.42. The smallest absolute Gasteiger partial charge is 0.150 e. The molecule has 1 aromatic rings. The van der Waals surface area contributed by atoms with Crippen LogP contribution in [0.4, 0.5) is 0 Å². The molecule has 0 saturated heterocycles. The van der Waals surface area contributed by atoms with Crippen LogP contribution in [0.15, 0.2) is 18.2 Å². The summed E-state index contributed by atoms with van der Waals surface area (Å²) in [7, 11) is 3.11. The fourth-order valence-electron chi connectivity index (χ4n) is 1.36. The normalized spacial score (nSPS) is 10.4. The first-order chi connectivity index (χ1) is 7.76. The Labute approximate surface area is 100 Å². The van der Waals surface area contributed by atoms with E-state index in [4.69, 9.17) is 9.47 Å². The van der Waals surface area contributed by atoms with E-state index in [1.165, 1.54) is 0 Å². The Kier molecular flexibility index (Phi) is 4.92. The van der Waals surface area contributed by atoms with Crippen LogP contribution in [0.1, 0.15) is 15.9 Å². The van der Waals surface area contributed by atoms with E-state index in [0.29, 0.717) is 22.8 Å². The molecule has 0 aliphatic heterocycles. The van der Waals surface area contributed by atoms with Gasteiger partial charge in [-0.05, 0) is 12.1 Å². The van der Waals surface area contributed by atoms with E-state index in [1.54, 1.807) is 26.4 Å². The molecule has 0 amide bonds. The van der Waals surface area contributed by atoms with E-state index in [1.807, 2.05) is 12.2 Å². The number of hydrogen-bond acceptors (Lipinski definition) is 4. The van der Waals surface area contributed by atoms with E-state index in [9.17, 15) is 4.79 Å². The number of hydrogen-bond donors (Lipinski definition) is 1. The summed E-state index contributed by atoms with van der Waals surface area (Å²) >= 11 is 4.09. The molecule has 0 unspecified atom stereocenters. The molecule has 0 bridgehead atoms. The molecule has 0 saturated carbocycles. The van der Waals surface area contributed by atoms with E-state index < -0.39 is 0 Å². The van der Waals surface area contributed by atoms with Crippen molar-refractivity contribution in [2.45, 2.75) is 0 Å². The van der Waals surface area contributed by atoms with Gasteiger partial charge in [0.25, 0.3) is 0 Å². The van der Waals surface area contributed by atoms with Gasteiger partial charge in [-0.3, -0.25) is 4.79 Å². The van der Waals surface area contributed by atoms with Crippen molar-refractivity contribution in [3.63, 3.8) is 0 Å². The molecule has 0 fully saturated rings. The molecule has 0 N–H and O–H groups in total. The largest absolute Gasteiger partial charge is 0.496 e. The molecule has 0 heterocycles. The Morgan fingerprint density at radius 1 is 1.25 bits per heavy atom. The van der Waals surface area contributed by atoms with Crippen LogP contribution in [0.25, 0.3) is 6.08 Å². The highest BCUT2D eigenvalue weighted by Gasteiger charge is 2.09. The van der Waals surface area contributed by atoms with Crippen LogP contribution in [0.5, 0.6) is 11.5 Å². The van der Waals surface area contributed by atoms with Crippen molar-refractivity contribution in [2.75, 3.05) is 20.0 Å². The Bertz CT molecular complexity index is 374. The van der Waals surface area contributed by atoms with Gasteiger partial charge in [0, 0.05) is 11.3 Å². The number of benzene rings is 1. The second-order valence-corrected chi connectivity index (χ2v) is 3.41. The molecule has 16 heavy (non-hydrogen) atoms. The highest BCUT2D eigenvalue weighted by atomic mass is 32.1. The maximum atomic E-state index is 10.7. The van der Waals surface area contributed by atoms with Crippen LogP contribution in [0, 0.1) is 0 Å². The average Bonchev–Trinajstić information content (AvgIpc) is 2.35. The monoisotopic (exact) mass is 238 g/mol. The zero-order valence-corrected chi connectivity index (χ0v) is 10.2. The predicted octanol–water partition coefficient (Wildman–Crippen LogP) is 2.46. The van der Waals surface area contributed by atoms with Crippen molar-refractivity contribution in [3.05, 3.63) is 29.3 Å². The molecule has 1 aromatic carbocycles. The summed E-state index contributed by atoms with van der Waals surface area (Å²) in [5.41, 5.74) is 1.33. The summed E-state index contributed by atoms with van der Waals surface area (Å²) in [4.78, 5) is 10.7. The number of carbonyl (C=O) groups excluding carboxylic acids is 1. The lowest BCUT2D eigenvalue weighted by molar-refractivity contribution is 0.112. The lowest BCUT2D eigenvalue weighted by Crippen LogP contribution is -1.95. The van der Waals surface area contributed by atoms with Gasteiger partial charge in [-0.2, -0.15) is 12.6 Å². The molecule has 3 nitrogen and oxygen atoms in total. The molecule has 4 heteroatoms. The first-order valence-electron chi connectivity index (χ1n) is 4.75. The third kappa shape index (κ3) is 2.79. The van der Waals surface area contributed by atoms with E-state index in [2.05, 4.69) is 12.6 Å². The molecule has 86 valence electrons. The molecule has 0 spiro atoms. The van der Waals surface area contributed by atoms with Gasteiger partial charge in [0.1, 0.15) is 17.8 Å². The lowest BCUT2D eigenvalue weighted by atomic mass is 10.1. The van der Waals surface area contributed by atoms with Crippen molar-refractivity contribution in [1.82, 2.24) is 0 Å². The summed E-state index contributed by atoms with van der Waals surface area (Å²) in [5.74, 6) is 1.85. The average molecular weight is 238 g/mol. The first-order valence-corrected chi connectivity index (χ1v) is 5.38. The van der Waals surface area contributed by atoms with Crippen LogP contribution in [0.3, 0.4) is 0 Å². The fourth-order valence-corrected chi connectivity index (χ4v) is 1.47. The second-order valence-electron chi connectivity index (χ2n) is 3.04. The second kappa shape index (κ2) is 6.23. The number of thiol groups is 1. The summed E-state index contributed by atoms with van der Waals surface area (Å²) in [6, 6.07) is 3.35. The van der Waals surface area contributed by atoms with Crippen LogP contribution in [0.2, 0.25) is 0 Å². The summed E-state index contributed by atoms with van der Waals surface area (Å²) < 4.78 is 10.4. The molecular formula is C12H14O3S. The topological polar surface area (TPSA) is 35.5 Å². The molecule has 1 rings (SSSR count). The number of carbonyl (C=O) groups is 1. The van der Waals surface area contributed by atoms with E-state index in [-0.39, 0.29) is 0 Å². The van der Waals surface area contributed by atoms with Gasteiger partial charge in [0.2, 0.25) is 0 Å². The molecule has 0 aliphatic carbocycles. The van der Waals surface area contributed by atoms with Crippen molar-refractivity contribution < 1.29 is 14.3 Å². The number of rotatable bonds is 5. The minimum absolute atomic E-state index is 0.525. The number of methoxy groups -OCH3 is 2. The Balaban J connectivity index is 3.30. The van der Waals surface area contributed by atoms with E-state index in [0.717, 1.165) is 11.8 Å². The van der Waals surface area contributed by atoms with E-state index >= 15 is 0 Å². The van der Waals surface area contributed by atoms with Crippen molar-refractivity contribution in [3.8, 4) is 11.5 Å². The summed E-state index contributed by atoms with van der Waals surface area (Å²) in [6.45, 7) is 0. The van der Waals surface area contributed by atoms with Gasteiger partial charge in [-0.15, -0.1) is 0 Å². The van der Waals surface area contributed by atoms with Gasteiger partial charge >= 0.3 is 0 Å². The molecule has 0 aliphatic rings. The molecule has 0 atom stereocenters. The molecule has 0 radical (unpaired) electrons. The zero-order chi connectivity index (χ0) is 12.0. The minimum Gasteiger partial charge on any atom is -0.496 e. The van der Waals surface area contributed by atoms with Gasteiger partial charge in [-0.25, -0.2) is 0 Å². The van der Waals surface area contributed by atoms with Gasteiger partial charge < -0.3 is 9.47 Å². The maximum Gasteiger partial charge on any atom is 0.150 e. The summed E-state index contributed by atoms with van der Waals surface area (Å²) in [6.07, 6.45) is 4.50. The van der Waals surface area contributed by atoms with Crippen LogP contribution >= 0.6 is 12.6 Å². The van der Waals surface area contributed by atoms with Crippen molar-refractivity contribution >= 4 is 25.0 Å². The fraction of sp³-hybridized carbons (Fsp3) is 0.250. The van der Waals surface area contributed by atoms with Crippen LogP contribution in [-0.4, -0.2) is 26.3 Å². The summed E-state index contributed by atoms with van der Waals surface area (Å²) in [5, 5.41) is 0. The highest BCUT2D eigenvalue weighted by molar-refractivity contribution is 7.80. The van der Waals surface area contributed by atoms with Gasteiger partial charge in [0.15, 0.2) is 0 Å². The SMILES string of the molecule is COc1cc(C=O)cc(OC)c1C=CCS. The highest BCUT2D eigenvalue weighted by Crippen LogP contribution is 2.31. The van der Waals surface area contributed by atoms with Crippen molar-refractivity contribution in [1.29, 1.82) is 0 Å². The third-order valence-electron chi connectivity index (χ3n) is 2.09. The predicted molar refractivity (Wildman–Crippen MR) is 67.8 cm³/mol. The van der Waals surface area contributed by atoms with Gasteiger partial charge in [0.05, 0.1) is 19.8 Å². The number of ether oxygens (including phenoxy) is 2. The zero-order valence-electron chi connectivity index (χ0n) is 9.27. The Morgan fingerprint density at radius 2 is 1.81 bits per heavy atom. The quantitative estimate of drug-likeness (QED) is 0.632. The Morgan fingerprint density at radius 3 is 2.19 bits per heavy atom. The molecular weight excluding hydrogens is 224 g/mol. The van der Waals surface area contributed by atoms with Crippen LogP contribution in [-0.2, 0) is 0 Å². The minimum atomic E-state index is 0.525. The third-order valence-corrected chi connectivity index (χ3v) is 2.30. The first kappa shape index (κ1) is 12.6.